The fourth-order valence-corrected chi connectivity index (χ4v) is 1.04. The third-order valence-electron chi connectivity index (χ3n) is 1.89. The Balaban J connectivity index is 3.56. The molecule has 0 bridgehead atoms. The number of halogens is 2. The molecule has 0 N–H and O–H groups in total. The lowest BCUT2D eigenvalue weighted by Gasteiger charge is -2.02. The normalized spacial score (nSPS) is 10.2. The van der Waals surface area contributed by atoms with E-state index in [1.54, 1.807) is 0 Å². The molecule has 0 aliphatic rings. The van der Waals surface area contributed by atoms with Gasteiger partial charge in [0.2, 0.25) is 5.82 Å². The molecule has 0 saturated heterocycles. The first-order valence-electron chi connectivity index (χ1n) is 3.54. The van der Waals surface area contributed by atoms with Crippen LogP contribution in [0.2, 0.25) is 0 Å². The lowest BCUT2D eigenvalue weighted by molar-refractivity contribution is -0.388. The van der Waals surface area contributed by atoms with Crippen LogP contribution in [0.5, 0.6) is 0 Å². The van der Waals surface area contributed by atoms with Crippen molar-refractivity contribution in [2.45, 2.75) is 13.8 Å². The quantitative estimate of drug-likeness (QED) is 0.500. The van der Waals surface area contributed by atoms with Crippen LogP contribution in [0.1, 0.15) is 11.1 Å². The molecule has 0 heterocycles. The second-order valence-corrected chi connectivity index (χ2v) is 2.72. The first kappa shape index (κ1) is 9.57. The predicted molar refractivity (Wildman–Crippen MR) is 42.5 cm³/mol. The van der Waals surface area contributed by atoms with E-state index < -0.39 is 22.2 Å². The minimum absolute atomic E-state index is 0.156. The average molecular weight is 187 g/mol. The number of hydrogen-bond acceptors (Lipinski definition) is 2. The van der Waals surface area contributed by atoms with E-state index in [0.29, 0.717) is 5.56 Å². The second kappa shape index (κ2) is 3.08. The summed E-state index contributed by atoms with van der Waals surface area (Å²) in [7, 11) is 0. The molecule has 0 unspecified atom stereocenters. The topological polar surface area (TPSA) is 43.1 Å². The van der Waals surface area contributed by atoms with Gasteiger partial charge in [-0.25, -0.2) is 4.39 Å². The van der Waals surface area contributed by atoms with Gasteiger partial charge in [-0.2, -0.15) is 4.39 Å². The highest BCUT2D eigenvalue weighted by Gasteiger charge is 2.23. The summed E-state index contributed by atoms with van der Waals surface area (Å²) in [5.41, 5.74) is -0.257. The fraction of sp³-hybridized carbons (Fsp3) is 0.250. The Morgan fingerprint density at radius 2 is 1.92 bits per heavy atom. The molecule has 0 saturated carbocycles. The summed E-state index contributed by atoms with van der Waals surface area (Å²) >= 11 is 0. The molecule has 70 valence electrons. The molecule has 0 aromatic heterocycles. The Labute approximate surface area is 73.1 Å². The van der Waals surface area contributed by atoms with E-state index in [0.717, 1.165) is 6.07 Å². The maximum Gasteiger partial charge on any atom is 0.310 e. The number of benzene rings is 1. The molecule has 1 aromatic rings. The largest absolute Gasteiger partial charge is 0.310 e. The zero-order valence-electron chi connectivity index (χ0n) is 7.10. The Kier molecular flexibility index (Phi) is 2.27. The molecule has 1 aromatic carbocycles. The minimum atomic E-state index is -1.40. The summed E-state index contributed by atoms with van der Waals surface area (Å²) in [5, 5.41) is 10.3. The summed E-state index contributed by atoms with van der Waals surface area (Å²) in [6.45, 7) is 2.88. The predicted octanol–water partition coefficient (Wildman–Crippen LogP) is 2.49. The molecule has 0 radical (unpaired) electrons. The van der Waals surface area contributed by atoms with E-state index in [2.05, 4.69) is 0 Å². The van der Waals surface area contributed by atoms with E-state index in [1.165, 1.54) is 13.8 Å². The van der Waals surface area contributed by atoms with Gasteiger partial charge in [0.15, 0.2) is 5.82 Å². The van der Waals surface area contributed by atoms with Crippen LogP contribution in [-0.2, 0) is 0 Å². The maximum absolute atomic E-state index is 12.9. The summed E-state index contributed by atoms with van der Waals surface area (Å²) in [6.07, 6.45) is 0. The smallest absolute Gasteiger partial charge is 0.258 e. The van der Waals surface area contributed by atoms with Crippen molar-refractivity contribution in [1.82, 2.24) is 0 Å². The standard InChI is InChI=1S/C8H7F2NO2/c1-4-3-6(9)7(10)8(5(4)2)11(12)13/h3H,1-2H3. The van der Waals surface area contributed by atoms with Gasteiger partial charge >= 0.3 is 5.69 Å². The number of nitro benzene ring substituents is 1. The third-order valence-corrected chi connectivity index (χ3v) is 1.89. The van der Waals surface area contributed by atoms with Crippen molar-refractivity contribution in [2.75, 3.05) is 0 Å². The number of nitrogens with zero attached hydrogens (tertiary/aromatic N) is 1. The molecule has 0 spiro atoms. The van der Waals surface area contributed by atoms with E-state index in [-0.39, 0.29) is 5.56 Å². The van der Waals surface area contributed by atoms with Crippen LogP contribution in [0, 0.1) is 35.6 Å². The lowest BCUT2D eigenvalue weighted by atomic mass is 10.1. The first-order chi connectivity index (χ1) is 5.95. The van der Waals surface area contributed by atoms with E-state index >= 15 is 0 Å². The fourth-order valence-electron chi connectivity index (χ4n) is 1.04. The van der Waals surface area contributed by atoms with Crippen LogP contribution >= 0.6 is 0 Å². The number of aryl methyl sites for hydroxylation is 1. The molecule has 0 fully saturated rings. The Bertz CT molecular complexity index is 351. The van der Waals surface area contributed by atoms with E-state index in [9.17, 15) is 18.9 Å². The maximum atomic E-state index is 12.9. The highest BCUT2D eigenvalue weighted by molar-refractivity contribution is 5.45. The van der Waals surface area contributed by atoms with Crippen LogP contribution in [-0.4, -0.2) is 4.92 Å². The summed E-state index contributed by atoms with van der Waals surface area (Å²) in [6, 6.07) is 0.942. The van der Waals surface area contributed by atoms with Gasteiger partial charge in [-0.3, -0.25) is 10.1 Å². The molecule has 5 heteroatoms. The van der Waals surface area contributed by atoms with Crippen LogP contribution in [0.4, 0.5) is 14.5 Å². The molecule has 0 aliphatic heterocycles. The van der Waals surface area contributed by atoms with Crippen LogP contribution < -0.4 is 0 Å². The van der Waals surface area contributed by atoms with Gasteiger partial charge in [-0.1, -0.05) is 0 Å². The number of rotatable bonds is 1. The van der Waals surface area contributed by atoms with Gasteiger partial charge in [-0.15, -0.1) is 0 Å². The zero-order valence-corrected chi connectivity index (χ0v) is 7.10. The molecular formula is C8H7F2NO2. The Hall–Kier alpha value is -1.52. The number of hydrogen-bond donors (Lipinski definition) is 0. The molecule has 0 aliphatic carbocycles. The van der Waals surface area contributed by atoms with E-state index in [1.807, 2.05) is 0 Å². The average Bonchev–Trinajstić information content (AvgIpc) is 2.01. The third kappa shape index (κ3) is 1.49. The van der Waals surface area contributed by atoms with Gasteiger partial charge in [0.25, 0.3) is 0 Å². The minimum Gasteiger partial charge on any atom is -0.258 e. The van der Waals surface area contributed by atoms with Gasteiger partial charge in [0, 0.05) is 5.56 Å². The molecule has 1 rings (SSSR count). The Morgan fingerprint density at radius 3 is 2.38 bits per heavy atom. The molecular weight excluding hydrogens is 180 g/mol. The summed E-state index contributed by atoms with van der Waals surface area (Å²) in [4.78, 5) is 9.43. The van der Waals surface area contributed by atoms with E-state index in [4.69, 9.17) is 0 Å². The highest BCUT2D eigenvalue weighted by Crippen LogP contribution is 2.26. The molecule has 3 nitrogen and oxygen atoms in total. The van der Waals surface area contributed by atoms with Crippen molar-refractivity contribution in [3.8, 4) is 0 Å². The zero-order chi connectivity index (χ0) is 10.2. The highest BCUT2D eigenvalue weighted by atomic mass is 19.2. The van der Waals surface area contributed by atoms with Crippen molar-refractivity contribution in [1.29, 1.82) is 0 Å². The number of nitro groups is 1. The van der Waals surface area contributed by atoms with Crippen LogP contribution in [0.25, 0.3) is 0 Å². The van der Waals surface area contributed by atoms with Crippen molar-refractivity contribution in [3.05, 3.63) is 38.9 Å². The lowest BCUT2D eigenvalue weighted by Crippen LogP contribution is -2.00. The summed E-state index contributed by atoms with van der Waals surface area (Å²) in [5.74, 6) is -2.58. The first-order valence-corrected chi connectivity index (χ1v) is 3.54. The van der Waals surface area contributed by atoms with Crippen LogP contribution in [0.3, 0.4) is 0 Å². The van der Waals surface area contributed by atoms with Gasteiger partial charge in [0.1, 0.15) is 0 Å². The monoisotopic (exact) mass is 187 g/mol. The van der Waals surface area contributed by atoms with Gasteiger partial charge in [-0.05, 0) is 25.5 Å². The van der Waals surface area contributed by atoms with Gasteiger partial charge < -0.3 is 0 Å². The van der Waals surface area contributed by atoms with Crippen molar-refractivity contribution >= 4 is 5.69 Å². The van der Waals surface area contributed by atoms with Crippen molar-refractivity contribution in [3.63, 3.8) is 0 Å². The molecule has 0 amide bonds. The summed E-state index contributed by atoms with van der Waals surface area (Å²) < 4.78 is 25.6. The molecule has 13 heavy (non-hydrogen) atoms. The SMILES string of the molecule is Cc1cc(F)c(F)c([N+](=O)[O-])c1C. The second-order valence-electron chi connectivity index (χ2n) is 2.72. The van der Waals surface area contributed by atoms with Crippen molar-refractivity contribution < 1.29 is 13.7 Å². The Morgan fingerprint density at radius 1 is 1.38 bits per heavy atom. The molecule has 0 atom stereocenters. The van der Waals surface area contributed by atoms with Crippen molar-refractivity contribution in [2.24, 2.45) is 0 Å². The van der Waals surface area contributed by atoms with Crippen LogP contribution in [0.15, 0.2) is 6.07 Å². The van der Waals surface area contributed by atoms with Gasteiger partial charge in [0.05, 0.1) is 4.92 Å².